The maximum atomic E-state index is 10.8. The Bertz CT molecular complexity index is 275. The first-order valence-electron chi connectivity index (χ1n) is 7.90. The molecule has 1 aliphatic heterocycles. The van der Waals surface area contributed by atoms with Gasteiger partial charge in [0.05, 0.1) is 6.54 Å². The summed E-state index contributed by atoms with van der Waals surface area (Å²) in [5.41, 5.74) is 0. The minimum Gasteiger partial charge on any atom is -0.480 e. The molecule has 19 heavy (non-hydrogen) atoms. The van der Waals surface area contributed by atoms with Crippen LogP contribution in [-0.4, -0.2) is 60.1 Å². The highest BCUT2D eigenvalue weighted by Crippen LogP contribution is 2.24. The molecule has 110 valence electrons. The molecule has 2 rings (SSSR count). The lowest BCUT2D eigenvalue weighted by molar-refractivity contribution is -0.138. The second-order valence-corrected chi connectivity index (χ2v) is 6.18. The van der Waals surface area contributed by atoms with Crippen LogP contribution in [0.5, 0.6) is 0 Å². The van der Waals surface area contributed by atoms with Crippen LogP contribution >= 0.6 is 0 Å². The molecule has 0 radical (unpaired) electrons. The van der Waals surface area contributed by atoms with Crippen molar-refractivity contribution in [2.45, 2.75) is 44.9 Å². The van der Waals surface area contributed by atoms with Crippen molar-refractivity contribution < 1.29 is 9.90 Å². The molecule has 0 bridgehead atoms. The summed E-state index contributed by atoms with van der Waals surface area (Å²) in [5, 5.41) is 8.86. The summed E-state index contributed by atoms with van der Waals surface area (Å²) in [7, 11) is 0. The number of rotatable bonds is 4. The van der Waals surface area contributed by atoms with Crippen LogP contribution in [0.1, 0.15) is 44.9 Å². The van der Waals surface area contributed by atoms with Crippen molar-refractivity contribution in [1.29, 1.82) is 0 Å². The Balaban J connectivity index is 1.73. The monoisotopic (exact) mass is 268 g/mol. The molecule has 1 heterocycles. The lowest BCUT2D eigenvalue weighted by Gasteiger charge is -2.25. The van der Waals surface area contributed by atoms with Gasteiger partial charge in [0.1, 0.15) is 0 Å². The van der Waals surface area contributed by atoms with Crippen molar-refractivity contribution in [2.24, 2.45) is 5.92 Å². The molecule has 0 atom stereocenters. The zero-order valence-electron chi connectivity index (χ0n) is 12.0. The molecule has 0 aromatic carbocycles. The molecule has 2 aliphatic rings. The van der Waals surface area contributed by atoms with Crippen LogP contribution in [0.2, 0.25) is 0 Å². The molecule has 0 spiro atoms. The van der Waals surface area contributed by atoms with Gasteiger partial charge in [0.2, 0.25) is 0 Å². The van der Waals surface area contributed by atoms with Crippen LogP contribution in [0.3, 0.4) is 0 Å². The van der Waals surface area contributed by atoms with Gasteiger partial charge in [0.15, 0.2) is 0 Å². The highest BCUT2D eigenvalue weighted by molar-refractivity contribution is 5.69. The van der Waals surface area contributed by atoms with Gasteiger partial charge in [-0.15, -0.1) is 0 Å². The summed E-state index contributed by atoms with van der Waals surface area (Å²) >= 11 is 0. The van der Waals surface area contributed by atoms with Gasteiger partial charge in [-0.3, -0.25) is 9.69 Å². The molecular weight excluding hydrogens is 240 g/mol. The predicted molar refractivity (Wildman–Crippen MR) is 76.3 cm³/mol. The average molecular weight is 268 g/mol. The zero-order valence-corrected chi connectivity index (χ0v) is 12.0. The summed E-state index contributed by atoms with van der Waals surface area (Å²) in [6.45, 7) is 5.49. The minimum atomic E-state index is -0.697. The number of nitrogens with zero attached hydrogens (tertiary/aromatic N) is 2. The Labute approximate surface area is 116 Å². The first-order valence-corrected chi connectivity index (χ1v) is 7.90. The average Bonchev–Trinajstić information content (AvgIpc) is 2.73. The van der Waals surface area contributed by atoms with E-state index in [1.807, 2.05) is 0 Å². The third-order valence-electron chi connectivity index (χ3n) is 4.53. The summed E-state index contributed by atoms with van der Waals surface area (Å²) in [5.74, 6) is 0.186. The number of carboxylic acid groups (broad SMARTS) is 1. The number of hydrogen-bond donors (Lipinski definition) is 1. The highest BCUT2D eigenvalue weighted by Gasteiger charge is 2.20. The van der Waals surface area contributed by atoms with Gasteiger partial charge in [0.25, 0.3) is 0 Å². The minimum absolute atomic E-state index is 0.206. The molecule has 1 saturated heterocycles. The lowest BCUT2D eigenvalue weighted by Crippen LogP contribution is -2.35. The largest absolute Gasteiger partial charge is 0.480 e. The smallest absolute Gasteiger partial charge is 0.317 e. The van der Waals surface area contributed by atoms with Crippen LogP contribution < -0.4 is 0 Å². The van der Waals surface area contributed by atoms with E-state index in [9.17, 15) is 4.79 Å². The fraction of sp³-hybridized carbons (Fsp3) is 0.933. The van der Waals surface area contributed by atoms with Gasteiger partial charge in [-0.2, -0.15) is 0 Å². The molecular formula is C15H28N2O2. The zero-order chi connectivity index (χ0) is 13.5. The van der Waals surface area contributed by atoms with Crippen molar-refractivity contribution in [3.05, 3.63) is 0 Å². The van der Waals surface area contributed by atoms with E-state index in [1.54, 1.807) is 0 Å². The summed E-state index contributed by atoms with van der Waals surface area (Å²) in [6, 6.07) is 0. The second kappa shape index (κ2) is 7.85. The molecule has 1 aliphatic carbocycles. The van der Waals surface area contributed by atoms with Gasteiger partial charge in [0, 0.05) is 26.2 Å². The van der Waals surface area contributed by atoms with E-state index in [2.05, 4.69) is 9.80 Å². The molecule has 1 saturated carbocycles. The van der Waals surface area contributed by atoms with Gasteiger partial charge >= 0.3 is 5.97 Å². The predicted octanol–water partition coefficient (Wildman–Crippen LogP) is 2.05. The maximum absolute atomic E-state index is 10.8. The van der Waals surface area contributed by atoms with Crippen molar-refractivity contribution in [1.82, 2.24) is 9.80 Å². The van der Waals surface area contributed by atoms with Crippen molar-refractivity contribution in [2.75, 3.05) is 39.3 Å². The Morgan fingerprint density at radius 1 is 0.895 bits per heavy atom. The van der Waals surface area contributed by atoms with Crippen LogP contribution in [0.25, 0.3) is 0 Å². The number of aliphatic carboxylic acids is 1. The standard InChI is InChI=1S/C15H28N2O2/c18-15(19)13-17-9-5-8-16(10-11-17)12-14-6-3-1-2-4-7-14/h14H,1-13H2,(H,18,19). The van der Waals surface area contributed by atoms with E-state index in [-0.39, 0.29) is 6.54 Å². The molecule has 0 aromatic rings. The van der Waals surface area contributed by atoms with Crippen molar-refractivity contribution in [3.8, 4) is 0 Å². The van der Waals surface area contributed by atoms with Gasteiger partial charge < -0.3 is 10.0 Å². The number of hydrogen-bond acceptors (Lipinski definition) is 3. The van der Waals surface area contributed by atoms with Crippen molar-refractivity contribution >= 4 is 5.97 Å². The van der Waals surface area contributed by atoms with Crippen LogP contribution in [0.15, 0.2) is 0 Å². The molecule has 4 heteroatoms. The van der Waals surface area contributed by atoms with Crippen LogP contribution in [0, 0.1) is 5.92 Å². The second-order valence-electron chi connectivity index (χ2n) is 6.18. The van der Waals surface area contributed by atoms with E-state index in [1.165, 1.54) is 45.1 Å². The summed E-state index contributed by atoms with van der Waals surface area (Å²) in [4.78, 5) is 15.4. The first kappa shape index (κ1) is 14.8. The Morgan fingerprint density at radius 2 is 1.53 bits per heavy atom. The fourth-order valence-electron chi connectivity index (χ4n) is 3.47. The van der Waals surface area contributed by atoms with E-state index < -0.39 is 5.97 Å². The highest BCUT2D eigenvalue weighted by atomic mass is 16.4. The molecule has 0 unspecified atom stereocenters. The molecule has 2 fully saturated rings. The van der Waals surface area contributed by atoms with E-state index in [0.717, 1.165) is 38.5 Å². The van der Waals surface area contributed by atoms with Gasteiger partial charge in [-0.05, 0) is 31.7 Å². The SMILES string of the molecule is O=C(O)CN1CCCN(CC2CCCCCC2)CC1. The van der Waals surface area contributed by atoms with Gasteiger partial charge in [-0.25, -0.2) is 0 Å². The number of carbonyl (C=O) groups is 1. The van der Waals surface area contributed by atoms with Gasteiger partial charge in [-0.1, -0.05) is 25.7 Å². The first-order chi connectivity index (χ1) is 9.24. The van der Waals surface area contributed by atoms with E-state index in [4.69, 9.17) is 5.11 Å². The lowest BCUT2D eigenvalue weighted by atomic mass is 10.00. The normalized spacial score (nSPS) is 24.8. The third-order valence-corrected chi connectivity index (χ3v) is 4.53. The topological polar surface area (TPSA) is 43.8 Å². The fourth-order valence-corrected chi connectivity index (χ4v) is 3.47. The summed E-state index contributed by atoms with van der Waals surface area (Å²) in [6.07, 6.45) is 9.56. The third kappa shape index (κ3) is 5.49. The molecule has 0 amide bonds. The quantitative estimate of drug-likeness (QED) is 0.793. The number of carboxylic acids is 1. The van der Waals surface area contributed by atoms with E-state index in [0.29, 0.717) is 0 Å². The van der Waals surface area contributed by atoms with E-state index >= 15 is 0 Å². The van der Waals surface area contributed by atoms with Crippen LogP contribution in [0.4, 0.5) is 0 Å². The Kier molecular flexibility index (Phi) is 6.11. The summed E-state index contributed by atoms with van der Waals surface area (Å²) < 4.78 is 0. The molecule has 4 nitrogen and oxygen atoms in total. The molecule has 1 N–H and O–H groups in total. The van der Waals surface area contributed by atoms with Crippen molar-refractivity contribution in [3.63, 3.8) is 0 Å². The Hall–Kier alpha value is -0.610. The Morgan fingerprint density at radius 3 is 2.21 bits per heavy atom. The van der Waals surface area contributed by atoms with Crippen LogP contribution in [-0.2, 0) is 4.79 Å². The molecule has 0 aromatic heterocycles. The maximum Gasteiger partial charge on any atom is 0.317 e.